The van der Waals surface area contributed by atoms with Gasteiger partial charge < -0.3 is 11.1 Å². The molecule has 0 spiro atoms. The molecule has 3 aromatic rings. The van der Waals surface area contributed by atoms with Gasteiger partial charge in [-0.1, -0.05) is 24.3 Å². The van der Waals surface area contributed by atoms with Gasteiger partial charge in [0, 0.05) is 6.04 Å². The molecular weight excluding hydrogens is 278 g/mol. The fraction of sp³-hybridized carbons (Fsp3) is 0.235. The van der Waals surface area contributed by atoms with Crippen molar-refractivity contribution in [2.45, 2.75) is 25.3 Å². The highest BCUT2D eigenvalue weighted by molar-refractivity contribution is 7.16. The minimum Gasteiger partial charge on any atom is -0.395 e. The largest absolute Gasteiger partial charge is 0.395 e. The molecule has 4 heteroatoms. The normalized spacial score (nSPS) is 17.6. The van der Waals surface area contributed by atoms with Crippen LogP contribution in [0.2, 0.25) is 0 Å². The van der Waals surface area contributed by atoms with Crippen LogP contribution in [0.3, 0.4) is 0 Å². The van der Waals surface area contributed by atoms with E-state index in [1.54, 1.807) is 11.3 Å². The highest BCUT2D eigenvalue weighted by Crippen LogP contribution is 2.32. The van der Waals surface area contributed by atoms with Crippen molar-refractivity contribution in [2.24, 2.45) is 0 Å². The van der Waals surface area contributed by atoms with Crippen LogP contribution in [0, 0.1) is 0 Å². The van der Waals surface area contributed by atoms with E-state index in [0.717, 1.165) is 40.9 Å². The lowest BCUT2D eigenvalue weighted by Crippen LogP contribution is -2.27. The van der Waals surface area contributed by atoms with Gasteiger partial charge in [-0.2, -0.15) is 0 Å². The molecule has 0 saturated heterocycles. The second-order valence-corrected chi connectivity index (χ2v) is 6.47. The first-order valence-corrected chi connectivity index (χ1v) is 8.14. The molecule has 106 valence electrons. The number of anilines is 2. The van der Waals surface area contributed by atoms with Crippen LogP contribution in [-0.2, 0) is 12.8 Å². The highest BCUT2D eigenvalue weighted by Gasteiger charge is 2.19. The van der Waals surface area contributed by atoms with E-state index < -0.39 is 0 Å². The van der Waals surface area contributed by atoms with Crippen molar-refractivity contribution in [1.82, 2.24) is 4.98 Å². The van der Waals surface area contributed by atoms with Crippen molar-refractivity contribution in [1.29, 1.82) is 0 Å². The Morgan fingerprint density at radius 3 is 2.90 bits per heavy atom. The number of nitrogen functional groups attached to an aromatic ring is 1. The zero-order valence-corrected chi connectivity index (χ0v) is 12.5. The van der Waals surface area contributed by atoms with E-state index in [4.69, 9.17) is 5.73 Å². The van der Waals surface area contributed by atoms with Crippen molar-refractivity contribution in [2.75, 3.05) is 11.1 Å². The Balaban J connectivity index is 1.60. The Labute approximate surface area is 127 Å². The average Bonchev–Trinajstić information content (AvgIpc) is 2.99. The maximum absolute atomic E-state index is 6.26. The van der Waals surface area contributed by atoms with Gasteiger partial charge >= 0.3 is 0 Å². The summed E-state index contributed by atoms with van der Waals surface area (Å²) in [6.45, 7) is 0. The van der Waals surface area contributed by atoms with Crippen molar-refractivity contribution < 1.29 is 0 Å². The highest BCUT2D eigenvalue weighted by atomic mass is 32.1. The van der Waals surface area contributed by atoms with Gasteiger partial charge in [-0.15, -0.1) is 11.3 Å². The fourth-order valence-electron chi connectivity index (χ4n) is 3.12. The first kappa shape index (κ1) is 12.7. The van der Waals surface area contributed by atoms with Gasteiger partial charge in [0.1, 0.15) is 5.52 Å². The maximum atomic E-state index is 6.26. The van der Waals surface area contributed by atoms with Crippen LogP contribution in [0.15, 0.2) is 41.9 Å². The van der Waals surface area contributed by atoms with Crippen molar-refractivity contribution in [3.63, 3.8) is 0 Å². The predicted molar refractivity (Wildman–Crippen MR) is 89.9 cm³/mol. The van der Waals surface area contributed by atoms with Crippen LogP contribution < -0.4 is 11.1 Å². The lowest BCUT2D eigenvalue weighted by molar-refractivity contribution is 0.611. The smallest absolute Gasteiger partial charge is 0.106 e. The maximum Gasteiger partial charge on any atom is 0.106 e. The quantitative estimate of drug-likeness (QED) is 0.706. The molecule has 1 unspecified atom stereocenters. The molecule has 3 nitrogen and oxygen atoms in total. The van der Waals surface area contributed by atoms with E-state index in [1.807, 2.05) is 5.51 Å². The number of nitrogens with one attached hydrogen (secondary N) is 1. The lowest BCUT2D eigenvalue weighted by atomic mass is 9.88. The molecule has 0 amide bonds. The van der Waals surface area contributed by atoms with Gasteiger partial charge in [0.15, 0.2) is 0 Å². The number of aromatic nitrogens is 1. The van der Waals surface area contributed by atoms with Gasteiger partial charge in [0.05, 0.1) is 21.6 Å². The summed E-state index contributed by atoms with van der Waals surface area (Å²) in [5.74, 6) is 0. The predicted octanol–water partition coefficient (Wildman–Crippen LogP) is 3.85. The van der Waals surface area contributed by atoms with Gasteiger partial charge in [-0.3, -0.25) is 0 Å². The summed E-state index contributed by atoms with van der Waals surface area (Å²) in [6.07, 6.45) is 3.34. The second kappa shape index (κ2) is 5.04. The van der Waals surface area contributed by atoms with Crippen molar-refractivity contribution in [3.05, 3.63) is 53.0 Å². The Kier molecular flexibility index (Phi) is 3.04. The summed E-state index contributed by atoms with van der Waals surface area (Å²) in [7, 11) is 0. The molecule has 0 aliphatic heterocycles. The zero-order valence-electron chi connectivity index (χ0n) is 11.7. The molecular formula is C17H17N3S. The number of nitrogens with two attached hydrogens (primary N) is 1. The van der Waals surface area contributed by atoms with Gasteiger partial charge in [0.2, 0.25) is 0 Å². The molecule has 2 aromatic carbocycles. The number of nitrogens with zero attached hydrogens (tertiary/aromatic N) is 1. The lowest BCUT2D eigenvalue weighted by Gasteiger charge is -2.27. The molecule has 4 rings (SSSR count). The molecule has 21 heavy (non-hydrogen) atoms. The summed E-state index contributed by atoms with van der Waals surface area (Å²) in [5, 5.41) is 3.61. The number of fused-ring (bicyclic) bond motifs is 2. The third-order valence-corrected chi connectivity index (χ3v) is 5.04. The van der Waals surface area contributed by atoms with Crippen LogP contribution >= 0.6 is 11.3 Å². The molecule has 0 bridgehead atoms. The zero-order chi connectivity index (χ0) is 14.2. The molecule has 0 fully saturated rings. The third-order valence-electron chi connectivity index (χ3n) is 4.25. The van der Waals surface area contributed by atoms with E-state index in [2.05, 4.69) is 46.7 Å². The number of thiazole rings is 1. The summed E-state index contributed by atoms with van der Waals surface area (Å²) in [5.41, 5.74) is 13.7. The average molecular weight is 295 g/mol. The molecule has 0 saturated carbocycles. The van der Waals surface area contributed by atoms with Crippen LogP contribution in [0.4, 0.5) is 11.4 Å². The molecule has 1 heterocycles. The monoisotopic (exact) mass is 295 g/mol. The Hall–Kier alpha value is -2.07. The minimum absolute atomic E-state index is 0.443. The van der Waals surface area contributed by atoms with E-state index in [1.165, 1.54) is 11.1 Å². The third kappa shape index (κ3) is 2.25. The number of hydrogen-bond acceptors (Lipinski definition) is 4. The molecule has 1 aromatic heterocycles. The summed E-state index contributed by atoms with van der Waals surface area (Å²) in [4.78, 5) is 4.36. The van der Waals surface area contributed by atoms with E-state index in [0.29, 0.717) is 6.04 Å². The molecule has 0 radical (unpaired) electrons. The van der Waals surface area contributed by atoms with Crippen LogP contribution in [0.5, 0.6) is 0 Å². The SMILES string of the molecule is Nc1c(NC2CCc3ccccc3C2)ccc2scnc12. The second-order valence-electron chi connectivity index (χ2n) is 5.58. The number of aryl methyl sites for hydroxylation is 1. The van der Waals surface area contributed by atoms with Gasteiger partial charge in [0.25, 0.3) is 0 Å². The standard InChI is InChI=1S/C17H17N3S/c18-16-14(7-8-15-17(16)19-10-21-15)20-13-6-5-11-3-1-2-4-12(11)9-13/h1-4,7-8,10,13,20H,5-6,9,18H2. The first-order valence-electron chi connectivity index (χ1n) is 7.26. The molecule has 1 aliphatic carbocycles. The van der Waals surface area contributed by atoms with Gasteiger partial charge in [-0.25, -0.2) is 4.98 Å². The number of rotatable bonds is 2. The van der Waals surface area contributed by atoms with E-state index >= 15 is 0 Å². The Morgan fingerprint density at radius 1 is 1.14 bits per heavy atom. The minimum atomic E-state index is 0.443. The van der Waals surface area contributed by atoms with Crippen LogP contribution in [-0.4, -0.2) is 11.0 Å². The van der Waals surface area contributed by atoms with Crippen molar-refractivity contribution >= 4 is 32.9 Å². The number of hydrogen-bond donors (Lipinski definition) is 2. The van der Waals surface area contributed by atoms with Crippen molar-refractivity contribution in [3.8, 4) is 0 Å². The molecule has 1 aliphatic rings. The number of benzene rings is 2. The summed E-state index contributed by atoms with van der Waals surface area (Å²) in [6, 6.07) is 13.3. The fourth-order valence-corrected chi connectivity index (χ4v) is 3.81. The van der Waals surface area contributed by atoms with Crippen LogP contribution in [0.25, 0.3) is 10.2 Å². The van der Waals surface area contributed by atoms with Crippen LogP contribution in [0.1, 0.15) is 17.5 Å². The van der Waals surface area contributed by atoms with E-state index in [9.17, 15) is 0 Å². The Morgan fingerprint density at radius 2 is 2.00 bits per heavy atom. The topological polar surface area (TPSA) is 50.9 Å². The molecule has 3 N–H and O–H groups in total. The summed E-state index contributed by atoms with van der Waals surface area (Å²) < 4.78 is 1.15. The van der Waals surface area contributed by atoms with Gasteiger partial charge in [-0.05, 0) is 42.5 Å². The first-order chi connectivity index (χ1) is 10.3. The summed E-state index contributed by atoms with van der Waals surface area (Å²) >= 11 is 1.63. The molecule has 1 atom stereocenters. The van der Waals surface area contributed by atoms with E-state index in [-0.39, 0.29) is 0 Å². The Bertz CT molecular complexity index is 794.